The van der Waals surface area contributed by atoms with Gasteiger partial charge in [-0.3, -0.25) is 9.58 Å². The Kier molecular flexibility index (Phi) is 10.2. The lowest BCUT2D eigenvalue weighted by Crippen LogP contribution is -2.46. The van der Waals surface area contributed by atoms with E-state index in [-0.39, 0.29) is 30.0 Å². The molecule has 0 spiro atoms. The van der Waals surface area contributed by atoms with Crippen LogP contribution in [0.2, 0.25) is 0 Å². The van der Waals surface area contributed by atoms with Crippen LogP contribution in [0.25, 0.3) is 0 Å². The molecule has 0 saturated carbocycles. The number of nitrogens with one attached hydrogen (secondary N) is 2. The van der Waals surface area contributed by atoms with E-state index in [2.05, 4.69) is 30.6 Å². The smallest absolute Gasteiger partial charge is 0.379 e. The number of aliphatic imine (C=N–C) groups is 1. The van der Waals surface area contributed by atoms with E-state index in [9.17, 15) is 13.2 Å². The molecule has 1 atom stereocenters. The molecule has 2 heterocycles. The summed E-state index contributed by atoms with van der Waals surface area (Å²) in [5.74, 6) is 1.33. The molecule has 0 amide bonds. The van der Waals surface area contributed by atoms with Crippen LogP contribution in [-0.2, 0) is 24.5 Å². The van der Waals surface area contributed by atoms with Crippen molar-refractivity contribution in [3.8, 4) is 0 Å². The highest BCUT2D eigenvalue weighted by molar-refractivity contribution is 14.0. The van der Waals surface area contributed by atoms with Crippen molar-refractivity contribution in [3.63, 3.8) is 0 Å². The molecule has 12 heteroatoms. The molecule has 3 rings (SSSR count). The number of hydrogen-bond donors (Lipinski definition) is 2. The lowest BCUT2D eigenvalue weighted by atomic mass is 10.0. The zero-order chi connectivity index (χ0) is 22.3. The van der Waals surface area contributed by atoms with E-state index >= 15 is 0 Å². The van der Waals surface area contributed by atoms with E-state index in [1.165, 1.54) is 6.33 Å². The summed E-state index contributed by atoms with van der Waals surface area (Å²) in [6, 6.07) is 5.25. The number of benzene rings is 1. The van der Waals surface area contributed by atoms with Crippen LogP contribution in [0.15, 0.2) is 35.6 Å². The van der Waals surface area contributed by atoms with Crippen LogP contribution < -0.4 is 10.6 Å². The van der Waals surface area contributed by atoms with Gasteiger partial charge in [-0.2, -0.15) is 18.3 Å². The van der Waals surface area contributed by atoms with E-state index in [0.29, 0.717) is 51.9 Å². The summed E-state index contributed by atoms with van der Waals surface area (Å²) in [7, 11) is 1.80. The summed E-state index contributed by atoms with van der Waals surface area (Å²) >= 11 is 0. The van der Waals surface area contributed by atoms with Gasteiger partial charge in [0.15, 0.2) is 5.96 Å². The van der Waals surface area contributed by atoms with E-state index in [0.717, 1.165) is 23.5 Å². The second-order valence-electron chi connectivity index (χ2n) is 7.16. The molecule has 2 aromatic rings. The van der Waals surface area contributed by atoms with Gasteiger partial charge in [-0.15, -0.1) is 24.0 Å². The van der Waals surface area contributed by atoms with Crippen LogP contribution in [0.3, 0.4) is 0 Å². The van der Waals surface area contributed by atoms with Crippen molar-refractivity contribution in [3.05, 3.63) is 47.5 Å². The summed E-state index contributed by atoms with van der Waals surface area (Å²) in [5, 5.41) is 10.5. The molecule has 8 nitrogen and oxygen atoms in total. The van der Waals surface area contributed by atoms with Gasteiger partial charge in [0.25, 0.3) is 0 Å². The van der Waals surface area contributed by atoms with Crippen LogP contribution in [0, 0.1) is 0 Å². The van der Waals surface area contributed by atoms with Crippen molar-refractivity contribution in [1.82, 2.24) is 30.3 Å². The van der Waals surface area contributed by atoms with Crippen LogP contribution >= 0.6 is 24.0 Å². The zero-order valence-electron chi connectivity index (χ0n) is 18.1. The molecule has 1 aliphatic heterocycles. The number of rotatable bonds is 7. The van der Waals surface area contributed by atoms with Crippen molar-refractivity contribution in [1.29, 1.82) is 0 Å². The monoisotopic (exact) mass is 567 g/mol. The molecule has 1 fully saturated rings. The van der Waals surface area contributed by atoms with Gasteiger partial charge in [0.1, 0.15) is 18.7 Å². The highest BCUT2D eigenvalue weighted by Gasteiger charge is 2.31. The van der Waals surface area contributed by atoms with Crippen LogP contribution in [0.1, 0.15) is 29.9 Å². The van der Waals surface area contributed by atoms with Crippen LogP contribution in [0.4, 0.5) is 13.2 Å². The van der Waals surface area contributed by atoms with Gasteiger partial charge in [-0.1, -0.05) is 12.1 Å². The molecule has 1 saturated heterocycles. The summed E-state index contributed by atoms with van der Waals surface area (Å²) in [6.45, 7) is 6.08. The Morgan fingerprint density at radius 2 is 1.88 bits per heavy atom. The van der Waals surface area contributed by atoms with Crippen molar-refractivity contribution in [2.75, 3.05) is 39.4 Å². The first-order chi connectivity index (χ1) is 14.9. The fourth-order valence-electron chi connectivity index (χ4n) is 3.39. The van der Waals surface area contributed by atoms with Crippen molar-refractivity contribution >= 4 is 29.9 Å². The third-order valence-electron chi connectivity index (χ3n) is 5.10. The minimum absolute atomic E-state index is 0. The number of ether oxygens (including phenoxy) is 1. The predicted octanol–water partition coefficient (Wildman–Crippen LogP) is 2.58. The standard InChI is InChI=1S/C20H28F3N7O.HI/c1-3-24-19(26-13-18-27-14-28-29(18)2)25-12-17(30-8-10-31-11-9-30)15-4-6-16(7-5-15)20(21,22)23;/h4-7,14,17H,3,8-13H2,1-2H3,(H2,24,25,26);1H. The van der Waals surface area contributed by atoms with Gasteiger partial charge in [-0.25, -0.2) is 9.98 Å². The lowest BCUT2D eigenvalue weighted by molar-refractivity contribution is -0.137. The first-order valence-corrected chi connectivity index (χ1v) is 10.2. The summed E-state index contributed by atoms with van der Waals surface area (Å²) in [4.78, 5) is 10.9. The molecule has 0 bridgehead atoms. The summed E-state index contributed by atoms with van der Waals surface area (Å²) < 4.78 is 46.0. The highest BCUT2D eigenvalue weighted by Crippen LogP contribution is 2.31. The van der Waals surface area contributed by atoms with Gasteiger partial charge >= 0.3 is 6.18 Å². The van der Waals surface area contributed by atoms with Gasteiger partial charge in [-0.05, 0) is 24.6 Å². The van der Waals surface area contributed by atoms with E-state index in [4.69, 9.17) is 4.74 Å². The Balaban J connectivity index is 0.00000363. The number of guanidine groups is 1. The lowest BCUT2D eigenvalue weighted by Gasteiger charge is -2.35. The van der Waals surface area contributed by atoms with E-state index in [1.54, 1.807) is 23.9 Å². The molecule has 1 unspecified atom stereocenters. The van der Waals surface area contributed by atoms with Gasteiger partial charge in [0.2, 0.25) is 0 Å². The maximum absolute atomic E-state index is 13.0. The Bertz CT molecular complexity index is 852. The van der Waals surface area contributed by atoms with E-state index in [1.807, 2.05) is 6.92 Å². The number of alkyl halides is 3. The largest absolute Gasteiger partial charge is 0.416 e. The van der Waals surface area contributed by atoms with Gasteiger partial charge in [0, 0.05) is 33.2 Å². The summed E-state index contributed by atoms with van der Waals surface area (Å²) in [6.07, 6.45) is -2.87. The Hall–Kier alpha value is -1.93. The van der Waals surface area contributed by atoms with Crippen molar-refractivity contribution < 1.29 is 17.9 Å². The van der Waals surface area contributed by atoms with Gasteiger partial charge in [0.05, 0.1) is 24.8 Å². The number of morpholine rings is 1. The van der Waals surface area contributed by atoms with E-state index < -0.39 is 11.7 Å². The molecule has 178 valence electrons. The third kappa shape index (κ3) is 7.30. The molecule has 32 heavy (non-hydrogen) atoms. The quantitative estimate of drug-likeness (QED) is 0.305. The second-order valence-corrected chi connectivity index (χ2v) is 7.16. The van der Waals surface area contributed by atoms with Gasteiger partial charge < -0.3 is 15.4 Å². The Morgan fingerprint density at radius 3 is 2.44 bits per heavy atom. The molecule has 0 aliphatic carbocycles. The predicted molar refractivity (Wildman–Crippen MR) is 126 cm³/mol. The Morgan fingerprint density at radius 1 is 1.19 bits per heavy atom. The molecule has 2 N–H and O–H groups in total. The second kappa shape index (κ2) is 12.3. The third-order valence-corrected chi connectivity index (χ3v) is 5.10. The number of halogens is 4. The first-order valence-electron chi connectivity index (χ1n) is 10.2. The summed E-state index contributed by atoms with van der Waals surface area (Å²) in [5.41, 5.74) is 0.162. The highest BCUT2D eigenvalue weighted by atomic mass is 127. The molecule has 1 aromatic carbocycles. The maximum atomic E-state index is 13.0. The zero-order valence-corrected chi connectivity index (χ0v) is 20.4. The Labute approximate surface area is 202 Å². The number of nitrogens with zero attached hydrogens (tertiary/aromatic N) is 5. The van der Waals surface area contributed by atoms with Crippen LogP contribution in [-0.4, -0.2) is 65.0 Å². The van der Waals surface area contributed by atoms with Crippen molar-refractivity contribution in [2.24, 2.45) is 12.0 Å². The SMILES string of the molecule is CCNC(=NCc1ncnn1C)NCC(c1ccc(C(F)(F)F)cc1)N1CCOCC1.I. The molecular formula is C20H29F3IN7O. The number of aromatic nitrogens is 3. The fraction of sp³-hybridized carbons (Fsp3) is 0.550. The topological polar surface area (TPSA) is 79.6 Å². The van der Waals surface area contributed by atoms with Crippen LogP contribution in [0.5, 0.6) is 0 Å². The minimum atomic E-state index is -4.35. The molecular weight excluding hydrogens is 538 g/mol. The fourth-order valence-corrected chi connectivity index (χ4v) is 3.39. The minimum Gasteiger partial charge on any atom is -0.379 e. The molecule has 0 radical (unpaired) electrons. The number of hydrogen-bond acceptors (Lipinski definition) is 5. The maximum Gasteiger partial charge on any atom is 0.416 e. The first kappa shape index (κ1) is 26.3. The number of aryl methyl sites for hydroxylation is 1. The van der Waals surface area contributed by atoms with Crippen molar-refractivity contribution in [2.45, 2.75) is 25.7 Å². The molecule has 1 aliphatic rings. The average Bonchev–Trinajstić information content (AvgIpc) is 3.17. The normalized spacial score (nSPS) is 16.3. The molecule has 1 aromatic heterocycles. The average molecular weight is 567 g/mol.